The standard InChI is InChI=1S/C26H34N2O.ClH/c1-2-27-18-10-9-15-24(27)26(29)28-19-16-23(17-20-28)25(21-11-5-3-6-12-21)22-13-7-4-8-14-22;/h3-8,11-14,23-25H,2,9-10,15-20H2,1H3;1H/t24-;/m0./s1. The molecule has 162 valence electrons. The molecule has 2 aliphatic rings. The van der Waals surface area contributed by atoms with E-state index < -0.39 is 0 Å². The number of benzene rings is 2. The molecule has 30 heavy (non-hydrogen) atoms. The number of likely N-dealkylation sites (tertiary alicyclic amines) is 2. The number of piperidine rings is 2. The van der Waals surface area contributed by atoms with Crippen molar-refractivity contribution in [1.82, 2.24) is 9.80 Å². The van der Waals surface area contributed by atoms with Gasteiger partial charge in [0.15, 0.2) is 0 Å². The number of amides is 1. The van der Waals surface area contributed by atoms with Crippen molar-refractivity contribution in [3.05, 3.63) is 71.8 Å². The van der Waals surface area contributed by atoms with Crippen LogP contribution in [0.5, 0.6) is 0 Å². The minimum absolute atomic E-state index is 0. The minimum Gasteiger partial charge on any atom is -0.341 e. The molecule has 0 aliphatic carbocycles. The van der Waals surface area contributed by atoms with Gasteiger partial charge < -0.3 is 4.90 Å². The Morgan fingerprint density at radius 3 is 1.97 bits per heavy atom. The van der Waals surface area contributed by atoms with Crippen LogP contribution in [-0.2, 0) is 4.79 Å². The van der Waals surface area contributed by atoms with Crippen LogP contribution in [0.2, 0.25) is 0 Å². The van der Waals surface area contributed by atoms with Crippen molar-refractivity contribution < 1.29 is 4.79 Å². The molecule has 0 bridgehead atoms. The number of hydrogen-bond donors (Lipinski definition) is 0. The predicted molar refractivity (Wildman–Crippen MR) is 126 cm³/mol. The molecule has 2 saturated heterocycles. The van der Waals surface area contributed by atoms with Crippen molar-refractivity contribution in [2.24, 2.45) is 5.92 Å². The molecule has 0 N–H and O–H groups in total. The van der Waals surface area contributed by atoms with Gasteiger partial charge in [0.1, 0.15) is 0 Å². The molecule has 1 amide bonds. The van der Waals surface area contributed by atoms with Crippen molar-refractivity contribution in [2.45, 2.75) is 51.0 Å². The van der Waals surface area contributed by atoms with E-state index in [2.05, 4.69) is 77.4 Å². The Balaban J connectivity index is 0.00000256. The summed E-state index contributed by atoms with van der Waals surface area (Å²) in [5, 5.41) is 0. The third-order valence-corrected chi connectivity index (χ3v) is 6.94. The Morgan fingerprint density at radius 2 is 1.43 bits per heavy atom. The maximum Gasteiger partial charge on any atom is 0.239 e. The Bertz CT molecular complexity index is 735. The number of rotatable bonds is 5. The lowest BCUT2D eigenvalue weighted by atomic mass is 9.76. The van der Waals surface area contributed by atoms with Gasteiger partial charge in [0, 0.05) is 19.0 Å². The van der Waals surface area contributed by atoms with E-state index in [9.17, 15) is 4.79 Å². The summed E-state index contributed by atoms with van der Waals surface area (Å²) in [5.74, 6) is 1.37. The summed E-state index contributed by atoms with van der Waals surface area (Å²) in [4.78, 5) is 17.8. The van der Waals surface area contributed by atoms with Gasteiger partial charge in [0.25, 0.3) is 0 Å². The first-order valence-corrected chi connectivity index (χ1v) is 11.4. The maximum atomic E-state index is 13.2. The van der Waals surface area contributed by atoms with Crippen LogP contribution >= 0.6 is 12.4 Å². The fourth-order valence-electron chi connectivity index (χ4n) is 5.37. The lowest BCUT2D eigenvalue weighted by Gasteiger charge is -2.41. The van der Waals surface area contributed by atoms with Crippen LogP contribution in [-0.4, -0.2) is 47.9 Å². The minimum atomic E-state index is 0. The number of carbonyl (C=O) groups is 1. The summed E-state index contributed by atoms with van der Waals surface area (Å²) in [6.07, 6.45) is 5.62. The highest BCUT2D eigenvalue weighted by Gasteiger charge is 2.35. The molecule has 4 rings (SSSR count). The summed E-state index contributed by atoms with van der Waals surface area (Å²) in [6.45, 7) is 6.04. The Labute approximate surface area is 187 Å². The van der Waals surface area contributed by atoms with Crippen LogP contribution < -0.4 is 0 Å². The van der Waals surface area contributed by atoms with E-state index >= 15 is 0 Å². The van der Waals surface area contributed by atoms with Gasteiger partial charge in [0.05, 0.1) is 6.04 Å². The summed E-state index contributed by atoms with van der Waals surface area (Å²) in [7, 11) is 0. The molecule has 2 fully saturated rings. The van der Waals surface area contributed by atoms with Crippen LogP contribution in [0, 0.1) is 5.92 Å². The van der Waals surface area contributed by atoms with Gasteiger partial charge in [-0.15, -0.1) is 12.4 Å². The van der Waals surface area contributed by atoms with Gasteiger partial charge in [-0.05, 0) is 55.8 Å². The van der Waals surface area contributed by atoms with Crippen molar-refractivity contribution in [1.29, 1.82) is 0 Å². The second-order valence-corrected chi connectivity index (χ2v) is 8.60. The third-order valence-electron chi connectivity index (χ3n) is 6.94. The van der Waals surface area contributed by atoms with Gasteiger partial charge >= 0.3 is 0 Å². The number of hydrogen-bond acceptors (Lipinski definition) is 2. The number of carbonyl (C=O) groups excluding carboxylic acids is 1. The molecule has 2 aromatic rings. The van der Waals surface area contributed by atoms with Crippen molar-refractivity contribution in [3.63, 3.8) is 0 Å². The molecule has 0 saturated carbocycles. The van der Waals surface area contributed by atoms with Crippen molar-refractivity contribution in [3.8, 4) is 0 Å². The average Bonchev–Trinajstić information content (AvgIpc) is 2.81. The van der Waals surface area contributed by atoms with E-state index in [4.69, 9.17) is 0 Å². The summed E-state index contributed by atoms with van der Waals surface area (Å²) in [5.41, 5.74) is 2.79. The molecule has 0 unspecified atom stereocenters. The zero-order valence-corrected chi connectivity index (χ0v) is 18.9. The van der Waals surface area contributed by atoms with Crippen LogP contribution in [0.15, 0.2) is 60.7 Å². The van der Waals surface area contributed by atoms with Gasteiger partial charge in [-0.1, -0.05) is 74.0 Å². The van der Waals surface area contributed by atoms with Gasteiger partial charge in [-0.3, -0.25) is 9.69 Å². The Kier molecular flexibility index (Phi) is 8.35. The molecule has 4 heteroatoms. The molecule has 3 nitrogen and oxygen atoms in total. The normalized spacial score (nSPS) is 20.7. The van der Waals surface area contributed by atoms with E-state index in [-0.39, 0.29) is 18.4 Å². The maximum absolute atomic E-state index is 13.2. The zero-order valence-electron chi connectivity index (χ0n) is 18.1. The predicted octanol–water partition coefficient (Wildman–Crippen LogP) is 5.35. The molecular weight excluding hydrogens is 392 g/mol. The monoisotopic (exact) mass is 426 g/mol. The average molecular weight is 427 g/mol. The smallest absolute Gasteiger partial charge is 0.239 e. The van der Waals surface area contributed by atoms with E-state index in [0.29, 0.717) is 17.7 Å². The molecule has 0 aromatic heterocycles. The summed E-state index contributed by atoms with van der Waals surface area (Å²) >= 11 is 0. The number of likely N-dealkylation sites (N-methyl/N-ethyl adjacent to an activating group) is 1. The quantitative estimate of drug-likeness (QED) is 0.643. The largest absolute Gasteiger partial charge is 0.341 e. The fraction of sp³-hybridized carbons (Fsp3) is 0.500. The Hall–Kier alpha value is -1.84. The van der Waals surface area contributed by atoms with E-state index in [0.717, 1.165) is 45.4 Å². The van der Waals surface area contributed by atoms with Crippen LogP contribution in [0.25, 0.3) is 0 Å². The molecule has 2 aliphatic heterocycles. The highest BCUT2D eigenvalue weighted by Crippen LogP contribution is 2.38. The molecule has 2 aromatic carbocycles. The Morgan fingerprint density at radius 1 is 0.867 bits per heavy atom. The molecule has 2 heterocycles. The fourth-order valence-corrected chi connectivity index (χ4v) is 5.37. The first kappa shape index (κ1) is 22.8. The molecular formula is C26H35ClN2O. The highest BCUT2D eigenvalue weighted by molar-refractivity contribution is 5.85. The van der Waals surface area contributed by atoms with Gasteiger partial charge in [-0.25, -0.2) is 0 Å². The number of halogens is 1. The molecule has 0 radical (unpaired) electrons. The SMILES string of the molecule is CCN1CCCC[C@H]1C(=O)N1CCC(C(c2ccccc2)c2ccccc2)CC1.Cl. The number of nitrogens with zero attached hydrogens (tertiary/aromatic N) is 2. The van der Waals surface area contributed by atoms with Crippen LogP contribution in [0.3, 0.4) is 0 Å². The van der Waals surface area contributed by atoms with Gasteiger partial charge in [0.2, 0.25) is 5.91 Å². The highest BCUT2D eigenvalue weighted by atomic mass is 35.5. The van der Waals surface area contributed by atoms with Crippen molar-refractivity contribution in [2.75, 3.05) is 26.2 Å². The van der Waals surface area contributed by atoms with E-state index in [1.165, 1.54) is 24.0 Å². The second kappa shape index (κ2) is 11.0. The second-order valence-electron chi connectivity index (χ2n) is 8.60. The molecule has 0 spiro atoms. The lowest BCUT2D eigenvalue weighted by molar-refractivity contribution is -0.139. The van der Waals surface area contributed by atoms with E-state index in [1.54, 1.807) is 0 Å². The zero-order chi connectivity index (χ0) is 20.1. The lowest BCUT2D eigenvalue weighted by Crippen LogP contribution is -2.52. The van der Waals surface area contributed by atoms with Gasteiger partial charge in [-0.2, -0.15) is 0 Å². The van der Waals surface area contributed by atoms with Crippen LogP contribution in [0.4, 0.5) is 0 Å². The van der Waals surface area contributed by atoms with Crippen LogP contribution in [0.1, 0.15) is 56.1 Å². The topological polar surface area (TPSA) is 23.6 Å². The summed E-state index contributed by atoms with van der Waals surface area (Å²) < 4.78 is 0. The molecule has 1 atom stereocenters. The van der Waals surface area contributed by atoms with E-state index in [1.807, 2.05) is 0 Å². The summed E-state index contributed by atoms with van der Waals surface area (Å²) in [6, 6.07) is 21.9. The first-order valence-electron chi connectivity index (χ1n) is 11.4. The van der Waals surface area contributed by atoms with Crippen molar-refractivity contribution >= 4 is 18.3 Å². The third kappa shape index (κ3) is 5.07. The first-order chi connectivity index (χ1) is 14.3.